The number of aliphatic hydroxyl groups excluding tert-OH is 1. The molecule has 1 saturated heterocycles. The topological polar surface area (TPSA) is 96.1 Å². The van der Waals surface area contributed by atoms with Crippen LogP contribution in [-0.4, -0.2) is 85.1 Å². The van der Waals surface area contributed by atoms with E-state index in [2.05, 4.69) is 16.2 Å². The van der Waals surface area contributed by atoms with Gasteiger partial charge in [-0.2, -0.15) is 0 Å². The molecule has 0 bridgehead atoms. The lowest BCUT2D eigenvalue weighted by molar-refractivity contribution is -0.530. The van der Waals surface area contributed by atoms with Gasteiger partial charge in [0.2, 0.25) is 0 Å². The number of carbonyl (C=O) groups excluding carboxylic acids is 3. The summed E-state index contributed by atoms with van der Waals surface area (Å²) in [7, 11) is 1.17. The van der Waals surface area contributed by atoms with Crippen LogP contribution >= 0.6 is 0 Å². The Kier molecular flexibility index (Phi) is 6.54. The number of hydrogen-bond donors (Lipinski definition) is 1. The van der Waals surface area contributed by atoms with Gasteiger partial charge >= 0.3 is 11.9 Å². The standard InChI is InChI=1S/C13H19N2O6/c1-14-5-7-15(8-6-14)13(19)10(16)9-21-12(18)4-3-11(17)20-2/h3-4,10,16H,1,5-9H2,2H3/q+1/b4-3+. The Hall–Kier alpha value is -2.22. The van der Waals surface area contributed by atoms with E-state index in [-0.39, 0.29) is 0 Å². The summed E-state index contributed by atoms with van der Waals surface area (Å²) in [6.07, 6.45) is 0.339. The van der Waals surface area contributed by atoms with E-state index in [1.807, 2.05) is 4.58 Å². The van der Waals surface area contributed by atoms with Gasteiger partial charge in [-0.15, -0.1) is 0 Å². The van der Waals surface area contributed by atoms with Crippen molar-refractivity contribution in [3.05, 3.63) is 12.2 Å². The number of hydrogen-bond acceptors (Lipinski definition) is 6. The number of esters is 2. The minimum Gasteiger partial charge on any atom is -0.466 e. The zero-order valence-corrected chi connectivity index (χ0v) is 11.9. The predicted molar refractivity (Wildman–Crippen MR) is 71.8 cm³/mol. The molecular weight excluding hydrogens is 280 g/mol. The Bertz CT molecular complexity index is 450. The van der Waals surface area contributed by atoms with Crippen LogP contribution in [0.5, 0.6) is 0 Å². The molecule has 0 aromatic heterocycles. The molecule has 1 aliphatic heterocycles. The lowest BCUT2D eigenvalue weighted by atomic mass is 10.2. The summed E-state index contributed by atoms with van der Waals surface area (Å²) < 4.78 is 10.8. The zero-order valence-electron chi connectivity index (χ0n) is 11.9. The zero-order chi connectivity index (χ0) is 15.8. The van der Waals surface area contributed by atoms with Crippen LogP contribution in [-0.2, 0) is 23.9 Å². The van der Waals surface area contributed by atoms with Gasteiger partial charge in [-0.25, -0.2) is 14.2 Å². The number of carbonyl (C=O) groups is 3. The molecule has 1 rings (SSSR count). The molecule has 1 fully saturated rings. The van der Waals surface area contributed by atoms with Crippen molar-refractivity contribution in [1.82, 2.24) is 4.90 Å². The van der Waals surface area contributed by atoms with E-state index in [4.69, 9.17) is 0 Å². The second-order valence-electron chi connectivity index (χ2n) is 4.45. The molecule has 1 unspecified atom stereocenters. The van der Waals surface area contributed by atoms with E-state index in [0.29, 0.717) is 26.2 Å². The minimum absolute atomic E-state index is 0.465. The maximum atomic E-state index is 11.9. The molecule has 0 aromatic rings. The van der Waals surface area contributed by atoms with Crippen LogP contribution in [0.15, 0.2) is 12.2 Å². The highest BCUT2D eigenvalue weighted by Crippen LogP contribution is 2.01. The Balaban J connectivity index is 2.35. The van der Waals surface area contributed by atoms with Crippen LogP contribution in [0.25, 0.3) is 0 Å². The molecule has 1 atom stereocenters. The average molecular weight is 299 g/mol. The smallest absolute Gasteiger partial charge is 0.331 e. The first-order chi connectivity index (χ1) is 9.93. The largest absolute Gasteiger partial charge is 0.466 e. The highest BCUT2D eigenvalue weighted by Gasteiger charge is 2.27. The van der Waals surface area contributed by atoms with Gasteiger partial charge in [0.15, 0.2) is 19.2 Å². The summed E-state index contributed by atoms with van der Waals surface area (Å²) in [5.41, 5.74) is 0. The van der Waals surface area contributed by atoms with E-state index in [9.17, 15) is 19.5 Å². The summed E-state index contributed by atoms with van der Waals surface area (Å²) in [4.78, 5) is 35.4. The van der Waals surface area contributed by atoms with Crippen LogP contribution < -0.4 is 0 Å². The van der Waals surface area contributed by atoms with Crippen LogP contribution in [0.1, 0.15) is 0 Å². The Morgan fingerprint density at radius 2 is 1.86 bits per heavy atom. The number of ether oxygens (including phenoxy) is 2. The van der Waals surface area contributed by atoms with Gasteiger partial charge in [0.1, 0.15) is 13.3 Å². The molecule has 8 heteroatoms. The molecule has 1 amide bonds. The number of nitrogens with zero attached hydrogens (tertiary/aromatic N) is 2. The van der Waals surface area contributed by atoms with E-state index >= 15 is 0 Å². The first-order valence-corrected chi connectivity index (χ1v) is 6.39. The number of piperazine rings is 1. The van der Waals surface area contributed by atoms with Crippen LogP contribution in [0.2, 0.25) is 0 Å². The van der Waals surface area contributed by atoms with Gasteiger partial charge in [-0.1, -0.05) is 0 Å². The second-order valence-corrected chi connectivity index (χ2v) is 4.45. The molecule has 0 aromatic carbocycles. The fourth-order valence-electron chi connectivity index (χ4n) is 1.66. The van der Waals surface area contributed by atoms with E-state index in [1.54, 1.807) is 0 Å². The van der Waals surface area contributed by atoms with Gasteiger partial charge in [0.25, 0.3) is 5.91 Å². The highest BCUT2D eigenvalue weighted by molar-refractivity contribution is 5.91. The lowest BCUT2D eigenvalue weighted by Crippen LogP contribution is -2.49. The van der Waals surface area contributed by atoms with Gasteiger partial charge < -0.3 is 19.5 Å². The molecule has 21 heavy (non-hydrogen) atoms. The predicted octanol–water partition coefficient (Wildman–Crippen LogP) is -1.82. The van der Waals surface area contributed by atoms with Crippen molar-refractivity contribution in [2.75, 3.05) is 39.9 Å². The van der Waals surface area contributed by atoms with Crippen molar-refractivity contribution in [2.24, 2.45) is 0 Å². The van der Waals surface area contributed by atoms with Crippen LogP contribution in [0.4, 0.5) is 0 Å². The van der Waals surface area contributed by atoms with Gasteiger partial charge in [0, 0.05) is 12.2 Å². The van der Waals surface area contributed by atoms with Crippen molar-refractivity contribution in [3.8, 4) is 0 Å². The van der Waals surface area contributed by atoms with E-state index in [1.165, 1.54) is 12.0 Å². The Morgan fingerprint density at radius 3 is 2.43 bits per heavy atom. The first kappa shape index (κ1) is 16.8. The Labute approximate surface area is 122 Å². The SMILES string of the molecule is C=[N+]1CCN(C(=O)C(O)COC(=O)/C=C/C(=O)OC)CC1. The third-order valence-electron chi connectivity index (χ3n) is 2.91. The van der Waals surface area contributed by atoms with E-state index in [0.717, 1.165) is 12.2 Å². The summed E-state index contributed by atoms with van der Waals surface area (Å²) in [6.45, 7) is 5.48. The normalized spacial score (nSPS) is 16.7. The maximum absolute atomic E-state index is 11.9. The second kappa shape index (κ2) is 8.15. The maximum Gasteiger partial charge on any atom is 0.331 e. The minimum atomic E-state index is -1.42. The Morgan fingerprint density at radius 1 is 1.29 bits per heavy atom. The summed E-state index contributed by atoms with van der Waals surface area (Å²) >= 11 is 0. The fourth-order valence-corrected chi connectivity index (χ4v) is 1.66. The number of aliphatic hydroxyl groups is 1. The first-order valence-electron chi connectivity index (χ1n) is 6.39. The van der Waals surface area contributed by atoms with Crippen molar-refractivity contribution in [1.29, 1.82) is 0 Å². The quantitative estimate of drug-likeness (QED) is 0.365. The highest BCUT2D eigenvalue weighted by atomic mass is 16.5. The summed E-state index contributed by atoms with van der Waals surface area (Å²) in [6, 6.07) is 0. The molecule has 0 saturated carbocycles. The monoisotopic (exact) mass is 299 g/mol. The molecule has 0 radical (unpaired) electrons. The van der Waals surface area contributed by atoms with Crippen molar-refractivity contribution < 1.29 is 33.5 Å². The molecule has 1 aliphatic rings. The lowest BCUT2D eigenvalue weighted by Gasteiger charge is -2.26. The molecule has 1 heterocycles. The van der Waals surface area contributed by atoms with Gasteiger partial charge in [-0.3, -0.25) is 4.79 Å². The molecule has 1 N–H and O–H groups in total. The van der Waals surface area contributed by atoms with Crippen molar-refractivity contribution in [3.63, 3.8) is 0 Å². The molecule has 116 valence electrons. The average Bonchev–Trinajstić information content (AvgIpc) is 2.50. The summed E-state index contributed by atoms with van der Waals surface area (Å²) in [5, 5.41) is 9.69. The molecule has 0 aliphatic carbocycles. The van der Waals surface area contributed by atoms with Crippen molar-refractivity contribution >= 4 is 24.6 Å². The fraction of sp³-hybridized carbons (Fsp3) is 0.538. The summed E-state index contributed by atoms with van der Waals surface area (Å²) in [5.74, 6) is -2.03. The number of methoxy groups -OCH3 is 1. The van der Waals surface area contributed by atoms with Crippen LogP contribution in [0, 0.1) is 0 Å². The molecule has 0 spiro atoms. The van der Waals surface area contributed by atoms with Crippen molar-refractivity contribution in [2.45, 2.75) is 6.10 Å². The third kappa shape index (κ3) is 5.74. The van der Waals surface area contributed by atoms with E-state index < -0.39 is 30.6 Å². The molecule has 8 nitrogen and oxygen atoms in total. The molecular formula is C13H19N2O6+. The third-order valence-corrected chi connectivity index (χ3v) is 2.91. The van der Waals surface area contributed by atoms with Gasteiger partial charge in [0.05, 0.1) is 20.2 Å². The van der Waals surface area contributed by atoms with Crippen LogP contribution in [0.3, 0.4) is 0 Å². The number of amides is 1. The van der Waals surface area contributed by atoms with Gasteiger partial charge in [-0.05, 0) is 0 Å². The number of rotatable bonds is 5.